The molecule has 1 atom stereocenters. The number of amides is 1. The lowest BCUT2D eigenvalue weighted by Crippen LogP contribution is -2.37. The summed E-state index contributed by atoms with van der Waals surface area (Å²) in [5.74, 6) is 0. The molecule has 18 heavy (non-hydrogen) atoms. The molecule has 1 aromatic rings. The van der Waals surface area contributed by atoms with Crippen LogP contribution in [0.1, 0.15) is 32.5 Å². The highest BCUT2D eigenvalue weighted by Crippen LogP contribution is 2.19. The van der Waals surface area contributed by atoms with E-state index >= 15 is 0 Å². The number of carbonyl (C=O) groups is 2. The van der Waals surface area contributed by atoms with E-state index in [9.17, 15) is 9.59 Å². The smallest absolute Gasteiger partial charge is 0.410 e. The summed E-state index contributed by atoms with van der Waals surface area (Å²) in [7, 11) is 3.38. The molecule has 1 aromatic heterocycles. The molecule has 0 bridgehead atoms. The summed E-state index contributed by atoms with van der Waals surface area (Å²) in [6.45, 7) is 5.37. The summed E-state index contributed by atoms with van der Waals surface area (Å²) < 4.78 is 7.04. The minimum atomic E-state index is -0.639. The molecule has 0 aliphatic carbocycles. The fourth-order valence-corrected chi connectivity index (χ4v) is 1.59. The Morgan fingerprint density at radius 2 is 2.11 bits per heavy atom. The number of likely N-dealkylation sites (N-methyl/N-ethyl adjacent to an activating group) is 1. The summed E-state index contributed by atoms with van der Waals surface area (Å²) in [4.78, 5) is 24.4. The maximum Gasteiger partial charge on any atom is 0.410 e. The van der Waals surface area contributed by atoms with Crippen molar-refractivity contribution in [2.45, 2.75) is 32.4 Å². The standard InChI is InChI=1S/C13H20N2O3/c1-13(2,3)18-12(17)15(5)11(9-16)10-7-6-8-14(10)4/h6-9,11H,1-5H3. The van der Waals surface area contributed by atoms with Crippen LogP contribution in [0.25, 0.3) is 0 Å². The van der Waals surface area contributed by atoms with Gasteiger partial charge in [-0.05, 0) is 32.9 Å². The number of aldehydes is 1. The van der Waals surface area contributed by atoms with Gasteiger partial charge in [-0.2, -0.15) is 0 Å². The first kappa shape index (κ1) is 14.3. The molecule has 0 fully saturated rings. The highest BCUT2D eigenvalue weighted by atomic mass is 16.6. The third kappa shape index (κ3) is 3.35. The highest BCUT2D eigenvalue weighted by Gasteiger charge is 2.27. The van der Waals surface area contributed by atoms with Gasteiger partial charge in [0.05, 0.1) is 0 Å². The number of carbonyl (C=O) groups excluding carboxylic acids is 2. The zero-order chi connectivity index (χ0) is 13.9. The van der Waals surface area contributed by atoms with E-state index in [0.717, 1.165) is 12.0 Å². The first-order chi connectivity index (χ1) is 8.26. The summed E-state index contributed by atoms with van der Waals surface area (Å²) in [5, 5.41) is 0. The number of hydrogen-bond donors (Lipinski definition) is 0. The molecule has 1 unspecified atom stereocenters. The normalized spacial score (nSPS) is 12.9. The molecule has 0 saturated heterocycles. The molecule has 1 amide bonds. The molecule has 0 aromatic carbocycles. The maximum atomic E-state index is 11.9. The predicted molar refractivity (Wildman–Crippen MR) is 68.2 cm³/mol. The quantitative estimate of drug-likeness (QED) is 0.774. The zero-order valence-electron chi connectivity index (χ0n) is 11.5. The van der Waals surface area contributed by atoms with Gasteiger partial charge in [0.2, 0.25) is 0 Å². The Balaban J connectivity index is 2.87. The Morgan fingerprint density at radius 1 is 1.50 bits per heavy atom. The van der Waals surface area contributed by atoms with Crippen molar-refractivity contribution in [3.8, 4) is 0 Å². The van der Waals surface area contributed by atoms with Crippen molar-refractivity contribution in [1.82, 2.24) is 9.47 Å². The van der Waals surface area contributed by atoms with Crippen LogP contribution in [-0.4, -0.2) is 34.5 Å². The second-order valence-corrected chi connectivity index (χ2v) is 5.22. The summed E-state index contributed by atoms with van der Waals surface area (Å²) in [5.41, 5.74) is 0.172. The van der Waals surface area contributed by atoms with Crippen molar-refractivity contribution >= 4 is 12.4 Å². The first-order valence-electron chi connectivity index (χ1n) is 5.78. The predicted octanol–water partition coefficient (Wildman–Crippen LogP) is 2.13. The van der Waals surface area contributed by atoms with E-state index in [-0.39, 0.29) is 0 Å². The van der Waals surface area contributed by atoms with E-state index in [2.05, 4.69) is 0 Å². The highest BCUT2D eigenvalue weighted by molar-refractivity contribution is 5.74. The van der Waals surface area contributed by atoms with Crippen LogP contribution < -0.4 is 0 Å². The first-order valence-corrected chi connectivity index (χ1v) is 5.78. The molecule has 0 aliphatic heterocycles. The molecule has 5 heteroatoms. The van der Waals surface area contributed by atoms with Crippen LogP contribution in [0.5, 0.6) is 0 Å². The number of ether oxygens (including phenoxy) is 1. The van der Waals surface area contributed by atoms with Gasteiger partial charge in [0, 0.05) is 26.0 Å². The van der Waals surface area contributed by atoms with Gasteiger partial charge in [-0.3, -0.25) is 4.90 Å². The second kappa shape index (κ2) is 5.25. The van der Waals surface area contributed by atoms with Gasteiger partial charge in [0.25, 0.3) is 0 Å². The monoisotopic (exact) mass is 252 g/mol. The third-order valence-corrected chi connectivity index (χ3v) is 2.51. The average molecular weight is 252 g/mol. The van der Waals surface area contributed by atoms with Crippen LogP contribution in [0.4, 0.5) is 4.79 Å². The second-order valence-electron chi connectivity index (χ2n) is 5.22. The minimum absolute atomic E-state index is 0.513. The van der Waals surface area contributed by atoms with Gasteiger partial charge in [-0.1, -0.05) is 0 Å². The van der Waals surface area contributed by atoms with Crippen LogP contribution in [0.15, 0.2) is 18.3 Å². The lowest BCUT2D eigenvalue weighted by molar-refractivity contribution is -0.112. The summed E-state index contributed by atoms with van der Waals surface area (Å²) >= 11 is 0. The Labute approximate surface area is 107 Å². The molecule has 5 nitrogen and oxygen atoms in total. The third-order valence-electron chi connectivity index (χ3n) is 2.51. The Kier molecular flexibility index (Phi) is 4.16. The lowest BCUT2D eigenvalue weighted by atomic mass is 10.2. The van der Waals surface area contributed by atoms with Crippen molar-refractivity contribution in [3.63, 3.8) is 0 Å². The van der Waals surface area contributed by atoms with Crippen molar-refractivity contribution < 1.29 is 14.3 Å². The van der Waals surface area contributed by atoms with Crippen LogP contribution in [0, 0.1) is 0 Å². The van der Waals surface area contributed by atoms with Crippen molar-refractivity contribution in [2.75, 3.05) is 7.05 Å². The van der Waals surface area contributed by atoms with Crippen molar-refractivity contribution in [3.05, 3.63) is 24.0 Å². The van der Waals surface area contributed by atoms with E-state index in [4.69, 9.17) is 4.74 Å². The summed E-state index contributed by atoms with van der Waals surface area (Å²) in [6, 6.07) is 2.99. The molecule has 0 N–H and O–H groups in total. The van der Waals surface area contributed by atoms with Crippen molar-refractivity contribution in [1.29, 1.82) is 0 Å². The molecule has 1 rings (SSSR count). The van der Waals surface area contributed by atoms with Gasteiger partial charge in [0.15, 0.2) is 0 Å². The van der Waals surface area contributed by atoms with E-state index in [0.29, 0.717) is 0 Å². The fraction of sp³-hybridized carbons (Fsp3) is 0.538. The van der Waals surface area contributed by atoms with Gasteiger partial charge < -0.3 is 14.1 Å². The van der Waals surface area contributed by atoms with Crippen LogP contribution in [-0.2, 0) is 16.6 Å². The molecule has 0 spiro atoms. The van der Waals surface area contributed by atoms with E-state index in [1.54, 1.807) is 38.5 Å². The van der Waals surface area contributed by atoms with E-state index < -0.39 is 17.7 Å². The molecular formula is C13H20N2O3. The van der Waals surface area contributed by atoms with E-state index in [1.807, 2.05) is 19.3 Å². The Morgan fingerprint density at radius 3 is 2.50 bits per heavy atom. The molecular weight excluding hydrogens is 232 g/mol. The van der Waals surface area contributed by atoms with Crippen LogP contribution in [0.3, 0.4) is 0 Å². The van der Waals surface area contributed by atoms with Crippen LogP contribution in [0.2, 0.25) is 0 Å². The van der Waals surface area contributed by atoms with Crippen molar-refractivity contribution in [2.24, 2.45) is 7.05 Å². The van der Waals surface area contributed by atoms with Gasteiger partial charge in [-0.15, -0.1) is 0 Å². The average Bonchev–Trinajstić information content (AvgIpc) is 2.63. The largest absolute Gasteiger partial charge is 0.444 e. The molecule has 0 saturated carbocycles. The topological polar surface area (TPSA) is 51.5 Å². The number of aryl methyl sites for hydroxylation is 1. The van der Waals surface area contributed by atoms with E-state index in [1.165, 1.54) is 4.90 Å². The number of hydrogen-bond acceptors (Lipinski definition) is 3. The number of nitrogens with zero attached hydrogens (tertiary/aromatic N) is 2. The Bertz CT molecular complexity index is 432. The maximum absolute atomic E-state index is 11.9. The molecule has 0 aliphatic rings. The van der Waals surface area contributed by atoms with Gasteiger partial charge in [0.1, 0.15) is 17.9 Å². The minimum Gasteiger partial charge on any atom is -0.444 e. The summed E-state index contributed by atoms with van der Waals surface area (Å²) in [6.07, 6.45) is 2.05. The Hall–Kier alpha value is -1.78. The number of aromatic nitrogens is 1. The number of rotatable bonds is 3. The molecule has 0 radical (unpaired) electrons. The zero-order valence-corrected chi connectivity index (χ0v) is 11.5. The van der Waals surface area contributed by atoms with Gasteiger partial charge in [-0.25, -0.2) is 4.79 Å². The molecule has 1 heterocycles. The van der Waals surface area contributed by atoms with Crippen LogP contribution >= 0.6 is 0 Å². The van der Waals surface area contributed by atoms with Gasteiger partial charge >= 0.3 is 6.09 Å². The SMILES string of the molecule is CN(C(=O)OC(C)(C)C)C(C=O)c1cccn1C. The molecule has 100 valence electrons. The lowest BCUT2D eigenvalue weighted by Gasteiger charge is -2.28. The fourth-order valence-electron chi connectivity index (χ4n) is 1.59.